The molecule has 7 nitrogen and oxygen atoms in total. The molecular formula is C20H27N3O4S. The van der Waals surface area contributed by atoms with Gasteiger partial charge in [-0.25, -0.2) is 8.42 Å². The van der Waals surface area contributed by atoms with Crippen LogP contribution in [0.3, 0.4) is 0 Å². The van der Waals surface area contributed by atoms with Crippen LogP contribution in [-0.4, -0.2) is 36.9 Å². The summed E-state index contributed by atoms with van der Waals surface area (Å²) >= 11 is 0. The van der Waals surface area contributed by atoms with E-state index >= 15 is 0 Å². The molecule has 1 amide bonds. The smallest absolute Gasteiger partial charge is 0.248 e. The molecule has 0 atom stereocenters. The van der Waals surface area contributed by atoms with Gasteiger partial charge in [0.15, 0.2) is 5.76 Å². The number of carbonyl (C=O) groups is 1. The highest BCUT2D eigenvalue weighted by atomic mass is 32.2. The Kier molecular flexibility index (Phi) is 6.20. The molecular weight excluding hydrogens is 378 g/mol. The molecule has 3 rings (SSSR count). The average molecular weight is 406 g/mol. The highest BCUT2D eigenvalue weighted by Crippen LogP contribution is 2.28. The molecule has 152 valence electrons. The van der Waals surface area contributed by atoms with E-state index in [1.165, 1.54) is 9.87 Å². The molecule has 0 unspecified atom stereocenters. The van der Waals surface area contributed by atoms with Crippen molar-refractivity contribution in [1.82, 2.24) is 14.8 Å². The molecule has 1 N–H and O–H groups in total. The predicted octanol–water partition coefficient (Wildman–Crippen LogP) is 2.71. The molecule has 2 aromatic rings. The van der Waals surface area contributed by atoms with Crippen molar-refractivity contribution in [2.24, 2.45) is 5.92 Å². The minimum absolute atomic E-state index is 0.00790. The van der Waals surface area contributed by atoms with E-state index in [-0.39, 0.29) is 16.7 Å². The Labute approximate surface area is 166 Å². The quantitative estimate of drug-likeness (QED) is 0.798. The summed E-state index contributed by atoms with van der Waals surface area (Å²) in [6.45, 7) is 6.59. The maximum absolute atomic E-state index is 12.9. The van der Waals surface area contributed by atoms with Gasteiger partial charge in [-0.3, -0.25) is 4.79 Å². The van der Waals surface area contributed by atoms with E-state index in [0.29, 0.717) is 50.4 Å². The predicted molar refractivity (Wildman–Crippen MR) is 105 cm³/mol. The summed E-state index contributed by atoms with van der Waals surface area (Å²) in [5.41, 5.74) is 2.63. The van der Waals surface area contributed by atoms with Crippen LogP contribution in [0.5, 0.6) is 0 Å². The number of rotatable bonds is 6. The van der Waals surface area contributed by atoms with Crippen molar-refractivity contribution < 1.29 is 17.7 Å². The Morgan fingerprint density at radius 1 is 1.25 bits per heavy atom. The summed E-state index contributed by atoms with van der Waals surface area (Å²) in [6.07, 6.45) is 1.76. The molecule has 1 aromatic heterocycles. The molecule has 0 saturated carbocycles. The lowest BCUT2D eigenvalue weighted by Crippen LogP contribution is -2.39. The molecule has 1 saturated heterocycles. The molecule has 1 aliphatic heterocycles. The van der Waals surface area contributed by atoms with Crippen molar-refractivity contribution in [1.29, 1.82) is 0 Å². The summed E-state index contributed by atoms with van der Waals surface area (Å²) in [5, 5.41) is 6.71. The van der Waals surface area contributed by atoms with Crippen molar-refractivity contribution >= 4 is 15.9 Å². The third-order valence-electron chi connectivity index (χ3n) is 5.19. The monoisotopic (exact) mass is 405 g/mol. The van der Waals surface area contributed by atoms with Gasteiger partial charge in [-0.1, -0.05) is 35.0 Å². The van der Waals surface area contributed by atoms with Crippen molar-refractivity contribution in [3.63, 3.8) is 0 Å². The van der Waals surface area contributed by atoms with Crippen LogP contribution >= 0.6 is 0 Å². The fourth-order valence-electron chi connectivity index (χ4n) is 3.68. The van der Waals surface area contributed by atoms with Crippen LogP contribution in [0.4, 0.5) is 0 Å². The van der Waals surface area contributed by atoms with Crippen LogP contribution in [0.25, 0.3) is 0 Å². The van der Waals surface area contributed by atoms with E-state index in [1.807, 2.05) is 25.1 Å². The topological polar surface area (TPSA) is 92.5 Å². The number of carbonyl (C=O) groups excluding carboxylic acids is 1. The van der Waals surface area contributed by atoms with Crippen molar-refractivity contribution in [2.45, 2.75) is 51.5 Å². The summed E-state index contributed by atoms with van der Waals surface area (Å²) in [7, 11) is -3.61. The van der Waals surface area contributed by atoms with E-state index < -0.39 is 10.0 Å². The fourth-order valence-corrected chi connectivity index (χ4v) is 5.44. The zero-order chi connectivity index (χ0) is 20.3. The number of hydrogen-bond donors (Lipinski definition) is 1. The summed E-state index contributed by atoms with van der Waals surface area (Å²) < 4.78 is 32.2. The van der Waals surface area contributed by atoms with Crippen LogP contribution in [0, 0.1) is 26.7 Å². The van der Waals surface area contributed by atoms with E-state index in [4.69, 9.17) is 4.52 Å². The first-order valence-electron chi connectivity index (χ1n) is 9.52. The van der Waals surface area contributed by atoms with Crippen LogP contribution in [-0.2, 0) is 21.4 Å². The minimum Gasteiger partial charge on any atom is -0.360 e. The number of hydrogen-bond acceptors (Lipinski definition) is 5. The Bertz CT molecular complexity index is 925. The molecule has 2 heterocycles. The van der Waals surface area contributed by atoms with Gasteiger partial charge in [0.1, 0.15) is 10.6 Å². The molecule has 1 aliphatic rings. The SMILES string of the molecule is Cc1cccc(CNC(=O)CC2CCN(S(=O)(=O)c3c(C)noc3C)CC2)c1. The highest BCUT2D eigenvalue weighted by molar-refractivity contribution is 7.89. The summed E-state index contributed by atoms with van der Waals surface area (Å²) in [6, 6.07) is 8.05. The molecule has 28 heavy (non-hydrogen) atoms. The first-order valence-corrected chi connectivity index (χ1v) is 11.0. The van der Waals surface area contributed by atoms with Crippen molar-refractivity contribution in [3.8, 4) is 0 Å². The van der Waals surface area contributed by atoms with Gasteiger partial charge in [-0.2, -0.15) is 4.31 Å². The maximum Gasteiger partial charge on any atom is 0.248 e. The second kappa shape index (κ2) is 8.45. The van der Waals surface area contributed by atoms with Gasteiger partial charge in [-0.05, 0) is 45.1 Å². The molecule has 0 bridgehead atoms. The third-order valence-corrected chi connectivity index (χ3v) is 7.33. The Morgan fingerprint density at radius 2 is 1.96 bits per heavy atom. The molecule has 0 spiro atoms. The number of nitrogens with one attached hydrogen (secondary N) is 1. The van der Waals surface area contributed by atoms with Crippen LogP contribution in [0.2, 0.25) is 0 Å². The van der Waals surface area contributed by atoms with E-state index in [9.17, 15) is 13.2 Å². The highest BCUT2D eigenvalue weighted by Gasteiger charge is 2.34. The second-order valence-electron chi connectivity index (χ2n) is 7.47. The average Bonchev–Trinajstić information content (AvgIpc) is 2.99. The zero-order valence-electron chi connectivity index (χ0n) is 16.6. The van der Waals surface area contributed by atoms with Gasteiger partial charge in [-0.15, -0.1) is 0 Å². The van der Waals surface area contributed by atoms with Crippen molar-refractivity contribution in [2.75, 3.05) is 13.1 Å². The van der Waals surface area contributed by atoms with Gasteiger partial charge >= 0.3 is 0 Å². The fraction of sp³-hybridized carbons (Fsp3) is 0.500. The first kappa shape index (κ1) is 20.5. The molecule has 1 aromatic carbocycles. The van der Waals surface area contributed by atoms with Gasteiger partial charge in [0.2, 0.25) is 15.9 Å². The lowest BCUT2D eigenvalue weighted by molar-refractivity contribution is -0.122. The summed E-state index contributed by atoms with van der Waals surface area (Å²) in [5.74, 6) is 0.511. The van der Waals surface area contributed by atoms with E-state index in [0.717, 1.165) is 5.56 Å². The number of piperidine rings is 1. The third kappa shape index (κ3) is 4.62. The van der Waals surface area contributed by atoms with Crippen LogP contribution < -0.4 is 5.32 Å². The number of benzene rings is 1. The lowest BCUT2D eigenvalue weighted by atomic mass is 9.94. The molecule has 1 fully saturated rings. The van der Waals surface area contributed by atoms with Gasteiger partial charge in [0.25, 0.3) is 0 Å². The molecule has 8 heteroatoms. The normalized spacial score (nSPS) is 16.2. The zero-order valence-corrected chi connectivity index (χ0v) is 17.4. The van der Waals surface area contributed by atoms with E-state index in [2.05, 4.69) is 16.5 Å². The number of sulfonamides is 1. The number of aromatic nitrogens is 1. The minimum atomic E-state index is -3.61. The van der Waals surface area contributed by atoms with Gasteiger partial charge in [0, 0.05) is 26.1 Å². The van der Waals surface area contributed by atoms with Gasteiger partial charge < -0.3 is 9.84 Å². The van der Waals surface area contributed by atoms with Crippen LogP contribution in [0.1, 0.15) is 41.8 Å². The number of nitrogens with zero attached hydrogens (tertiary/aromatic N) is 2. The first-order chi connectivity index (χ1) is 13.3. The Morgan fingerprint density at radius 3 is 2.57 bits per heavy atom. The Hall–Kier alpha value is -2.19. The molecule has 0 radical (unpaired) electrons. The van der Waals surface area contributed by atoms with Crippen molar-refractivity contribution in [3.05, 3.63) is 46.8 Å². The van der Waals surface area contributed by atoms with Gasteiger partial charge in [0.05, 0.1) is 0 Å². The second-order valence-corrected chi connectivity index (χ2v) is 9.35. The number of aryl methyl sites for hydroxylation is 3. The lowest BCUT2D eigenvalue weighted by Gasteiger charge is -2.30. The molecule has 0 aliphatic carbocycles. The maximum atomic E-state index is 12.9. The largest absolute Gasteiger partial charge is 0.360 e. The number of amides is 1. The Balaban J connectivity index is 1.50. The van der Waals surface area contributed by atoms with E-state index in [1.54, 1.807) is 13.8 Å². The summed E-state index contributed by atoms with van der Waals surface area (Å²) in [4.78, 5) is 12.4. The van der Waals surface area contributed by atoms with Crippen LogP contribution in [0.15, 0.2) is 33.7 Å². The standard InChI is InChI=1S/C20H27N3O4S/c1-14-5-4-6-18(11-14)13-21-19(24)12-17-7-9-23(10-8-17)28(25,26)20-15(2)22-27-16(20)3/h4-6,11,17H,7-10,12-13H2,1-3H3,(H,21,24).